The van der Waals surface area contributed by atoms with E-state index in [4.69, 9.17) is 38.3 Å². The molecule has 0 radical (unpaired) electrons. The smallest absolute Gasteiger partial charge is 0.121 e. The number of nitrogens with zero attached hydrogens (tertiary/aromatic N) is 3. The lowest BCUT2D eigenvalue weighted by Crippen LogP contribution is -2.54. The van der Waals surface area contributed by atoms with Gasteiger partial charge in [-0.3, -0.25) is 4.90 Å². The number of halogens is 2. The number of rotatable bonds is 8. The Labute approximate surface area is 235 Å². The van der Waals surface area contributed by atoms with Crippen molar-refractivity contribution in [2.75, 3.05) is 37.7 Å². The van der Waals surface area contributed by atoms with Gasteiger partial charge in [0.05, 0.1) is 41.1 Å². The molecule has 1 heterocycles. The third-order valence-corrected chi connectivity index (χ3v) is 7.10. The number of β-amino-alcohol motifs (C(OH)–C–C–N with tert-alkyl or cyclic N) is 1. The zero-order chi connectivity index (χ0) is 27.7. The summed E-state index contributed by atoms with van der Waals surface area (Å²) in [6, 6.07) is 22.7. The molecule has 1 aliphatic heterocycles. The maximum Gasteiger partial charge on any atom is 0.121 e. The Morgan fingerprint density at radius 3 is 2.32 bits per heavy atom. The van der Waals surface area contributed by atoms with Gasteiger partial charge in [0.1, 0.15) is 12.4 Å². The number of aliphatic hydroxyl groups excluding tert-OH is 2. The molecule has 0 amide bonds. The molecule has 1 aliphatic rings. The van der Waals surface area contributed by atoms with Crippen LogP contribution in [0.15, 0.2) is 66.7 Å². The average molecular weight is 557 g/mol. The lowest BCUT2D eigenvalue weighted by Gasteiger charge is -2.47. The van der Waals surface area contributed by atoms with Crippen molar-refractivity contribution in [3.8, 4) is 11.8 Å². The third-order valence-electron chi connectivity index (χ3n) is 6.54. The van der Waals surface area contributed by atoms with Crippen LogP contribution in [0.25, 0.3) is 0 Å². The van der Waals surface area contributed by atoms with Crippen molar-refractivity contribution in [1.29, 1.82) is 5.26 Å². The Morgan fingerprint density at radius 2 is 1.71 bits per heavy atom. The van der Waals surface area contributed by atoms with E-state index in [2.05, 4.69) is 22.8 Å². The van der Waals surface area contributed by atoms with Crippen molar-refractivity contribution in [3.63, 3.8) is 0 Å². The normalized spacial score (nSPS) is 18.2. The van der Waals surface area contributed by atoms with Crippen LogP contribution >= 0.6 is 23.2 Å². The minimum atomic E-state index is -0.677. The second kappa shape index (κ2) is 14.4. The molecule has 6 nitrogen and oxygen atoms in total. The first-order valence-electron chi connectivity index (χ1n) is 12.9. The van der Waals surface area contributed by atoms with Gasteiger partial charge in [0.2, 0.25) is 0 Å². The fraction of sp³-hybridized carbons (Fsp3) is 0.367. The molecule has 1 fully saturated rings. The van der Waals surface area contributed by atoms with Gasteiger partial charge in [-0.25, -0.2) is 0 Å². The zero-order valence-corrected chi connectivity index (χ0v) is 23.5. The second-order valence-electron chi connectivity index (χ2n) is 8.96. The van der Waals surface area contributed by atoms with Crippen molar-refractivity contribution in [1.82, 2.24) is 4.90 Å². The van der Waals surface area contributed by atoms with Crippen molar-refractivity contribution < 1.29 is 14.9 Å². The Bertz CT molecular complexity index is 1200. The van der Waals surface area contributed by atoms with Gasteiger partial charge < -0.3 is 19.8 Å². The summed E-state index contributed by atoms with van der Waals surface area (Å²) >= 11 is 12.9. The molecular weight excluding hydrogens is 521 g/mol. The molecule has 4 rings (SSSR count). The summed E-state index contributed by atoms with van der Waals surface area (Å²) in [6.07, 6.45) is -0.677. The molecule has 2 N–H and O–H groups in total. The van der Waals surface area contributed by atoms with Crippen LogP contribution in [0.2, 0.25) is 10.0 Å². The number of aliphatic hydroxyl groups is 2. The zero-order valence-electron chi connectivity index (χ0n) is 22.0. The van der Waals surface area contributed by atoms with Gasteiger partial charge in [-0.15, -0.1) is 0 Å². The largest absolute Gasteiger partial charge is 0.491 e. The number of hydrogen-bond donors (Lipinski definition) is 2. The summed E-state index contributed by atoms with van der Waals surface area (Å²) in [4.78, 5) is 4.57. The topological polar surface area (TPSA) is 80.0 Å². The number of piperazine rings is 1. The maximum atomic E-state index is 11.0. The van der Waals surface area contributed by atoms with Crippen LogP contribution in [0.5, 0.6) is 5.75 Å². The summed E-state index contributed by atoms with van der Waals surface area (Å²) in [7, 11) is 0. The van der Waals surface area contributed by atoms with E-state index in [9.17, 15) is 5.11 Å². The van der Waals surface area contributed by atoms with Gasteiger partial charge in [0, 0.05) is 36.8 Å². The highest BCUT2D eigenvalue weighted by Crippen LogP contribution is 2.39. The van der Waals surface area contributed by atoms with Crippen LogP contribution in [0.3, 0.4) is 0 Å². The molecule has 8 heteroatoms. The molecule has 0 aromatic heterocycles. The van der Waals surface area contributed by atoms with E-state index in [0.29, 0.717) is 41.0 Å². The highest BCUT2D eigenvalue weighted by Gasteiger charge is 2.34. The van der Waals surface area contributed by atoms with Gasteiger partial charge in [0.15, 0.2) is 0 Å². The average Bonchev–Trinajstić information content (AvgIpc) is 2.94. The Morgan fingerprint density at radius 1 is 1.03 bits per heavy atom. The van der Waals surface area contributed by atoms with E-state index >= 15 is 0 Å². The van der Waals surface area contributed by atoms with E-state index in [1.807, 2.05) is 50.2 Å². The maximum absolute atomic E-state index is 11.0. The van der Waals surface area contributed by atoms with Gasteiger partial charge in [-0.05, 0) is 54.4 Å². The fourth-order valence-electron chi connectivity index (χ4n) is 4.60. The first kappa shape index (κ1) is 29.8. The number of benzene rings is 3. The molecule has 3 atom stereocenters. The van der Waals surface area contributed by atoms with Crippen LogP contribution in [0.1, 0.15) is 49.6 Å². The molecule has 0 unspecified atom stereocenters. The quantitative estimate of drug-likeness (QED) is 0.342. The third kappa shape index (κ3) is 7.41. The van der Waals surface area contributed by atoms with E-state index < -0.39 is 6.10 Å². The summed E-state index contributed by atoms with van der Waals surface area (Å²) in [5.74, 6) is 0.609. The Balaban J connectivity index is 0.00000195. The predicted octanol–water partition coefficient (Wildman–Crippen LogP) is 6.25. The molecule has 202 valence electrons. The summed E-state index contributed by atoms with van der Waals surface area (Å²) in [6.45, 7) is 8.13. The van der Waals surface area contributed by atoms with Crippen molar-refractivity contribution >= 4 is 28.9 Å². The summed E-state index contributed by atoms with van der Waals surface area (Å²) in [5, 5.41) is 30.3. The van der Waals surface area contributed by atoms with Crippen LogP contribution in [-0.2, 0) is 0 Å². The molecule has 0 aliphatic carbocycles. The first-order valence-corrected chi connectivity index (χ1v) is 13.6. The van der Waals surface area contributed by atoms with E-state index in [1.165, 1.54) is 0 Å². The Kier molecular flexibility index (Phi) is 11.3. The standard InChI is InChI=1S/C28H29Cl2N3O3.C2H6/c1-19-16-33(26-11-10-24(14-25(26)30)36-13-12-34)27(21-6-8-23(29)9-7-21)17-32(19)18-28(35)22-4-2-20(15-31)3-5-22;1-2/h2-11,14,19,27-28,34-35H,12-13,16-18H2,1H3;1-2H3/t19-,27+,28-;/m1./s1. The van der Waals surface area contributed by atoms with E-state index in [1.54, 1.807) is 30.3 Å². The van der Waals surface area contributed by atoms with Crippen molar-refractivity contribution in [2.24, 2.45) is 0 Å². The monoisotopic (exact) mass is 555 g/mol. The highest BCUT2D eigenvalue weighted by molar-refractivity contribution is 6.33. The summed E-state index contributed by atoms with van der Waals surface area (Å²) in [5.41, 5.74) is 3.35. The van der Waals surface area contributed by atoms with Crippen LogP contribution in [0.4, 0.5) is 5.69 Å². The van der Waals surface area contributed by atoms with Crippen molar-refractivity contribution in [2.45, 2.75) is 39.0 Å². The lowest BCUT2D eigenvalue weighted by molar-refractivity contribution is 0.0740. The lowest BCUT2D eigenvalue weighted by atomic mass is 9.97. The number of hydrogen-bond acceptors (Lipinski definition) is 6. The number of anilines is 1. The molecule has 3 aromatic rings. The highest BCUT2D eigenvalue weighted by atomic mass is 35.5. The SMILES string of the molecule is CC.C[C@@H]1CN(c2ccc(OCCO)cc2Cl)[C@H](c2ccc(Cl)cc2)CN1C[C@@H](O)c1ccc(C#N)cc1. The van der Waals surface area contributed by atoms with E-state index in [-0.39, 0.29) is 25.3 Å². The van der Waals surface area contributed by atoms with Gasteiger partial charge in [-0.2, -0.15) is 5.26 Å². The van der Waals surface area contributed by atoms with E-state index in [0.717, 1.165) is 16.8 Å². The molecule has 0 saturated carbocycles. The molecular formula is C30H35Cl2N3O3. The van der Waals surface area contributed by atoms with Crippen molar-refractivity contribution in [3.05, 3.63) is 93.5 Å². The molecule has 3 aromatic carbocycles. The minimum absolute atomic E-state index is 0.0201. The Hall–Kier alpha value is -2.79. The van der Waals surface area contributed by atoms with Gasteiger partial charge in [0.25, 0.3) is 0 Å². The van der Waals surface area contributed by atoms with Crippen LogP contribution < -0.4 is 9.64 Å². The molecule has 1 saturated heterocycles. The molecule has 0 bridgehead atoms. The molecule has 38 heavy (non-hydrogen) atoms. The first-order chi connectivity index (χ1) is 18.4. The molecule has 0 spiro atoms. The summed E-state index contributed by atoms with van der Waals surface area (Å²) < 4.78 is 5.52. The number of ether oxygens (including phenoxy) is 1. The predicted molar refractivity (Wildman–Crippen MR) is 154 cm³/mol. The number of nitriles is 1. The van der Waals surface area contributed by atoms with Crippen LogP contribution in [-0.4, -0.2) is 54.0 Å². The fourth-order valence-corrected chi connectivity index (χ4v) is 5.01. The minimum Gasteiger partial charge on any atom is -0.491 e. The van der Waals surface area contributed by atoms with Crippen LogP contribution in [0, 0.1) is 11.3 Å². The second-order valence-corrected chi connectivity index (χ2v) is 9.80. The van der Waals surface area contributed by atoms with Gasteiger partial charge in [-0.1, -0.05) is 61.3 Å². The van der Waals surface area contributed by atoms with Gasteiger partial charge >= 0.3 is 0 Å².